The highest BCUT2D eigenvalue weighted by atomic mass is 16.7. The van der Waals surface area contributed by atoms with Gasteiger partial charge >= 0.3 is 5.97 Å². The third kappa shape index (κ3) is 5.72. The molecule has 0 radical (unpaired) electrons. The molecule has 0 aromatic heterocycles. The number of carboxylic acids is 1. The van der Waals surface area contributed by atoms with Gasteiger partial charge in [-0.1, -0.05) is 6.92 Å². The normalized spacial score (nSPS) is 28.0. The van der Waals surface area contributed by atoms with Crippen LogP contribution in [0.2, 0.25) is 0 Å². The van der Waals surface area contributed by atoms with Gasteiger partial charge < -0.3 is 50.0 Å². The molecule has 0 amide bonds. The molecule has 2 aromatic rings. The van der Waals surface area contributed by atoms with Gasteiger partial charge in [0.25, 0.3) is 0 Å². The Hall–Kier alpha value is -3.00. The van der Waals surface area contributed by atoms with Gasteiger partial charge in [0.2, 0.25) is 6.29 Å². The van der Waals surface area contributed by atoms with Gasteiger partial charge in [-0.2, -0.15) is 0 Å². The zero-order valence-corrected chi connectivity index (χ0v) is 23.2. The van der Waals surface area contributed by atoms with E-state index >= 15 is 0 Å². The number of carbonyl (C=O) groups is 2. The zero-order chi connectivity index (χ0) is 30.2. The zero-order valence-electron chi connectivity index (χ0n) is 23.2. The van der Waals surface area contributed by atoms with Crippen molar-refractivity contribution in [2.24, 2.45) is 11.8 Å². The Morgan fingerprint density at radius 1 is 1.15 bits per heavy atom. The molecule has 2 heterocycles. The van der Waals surface area contributed by atoms with Crippen molar-refractivity contribution in [3.05, 3.63) is 28.8 Å². The number of carbonyl (C=O) groups excluding carboxylic acids is 1. The molecule has 0 bridgehead atoms. The number of aromatic carboxylic acids is 1. The molecule has 2 aromatic carbocycles. The van der Waals surface area contributed by atoms with Crippen molar-refractivity contribution in [1.82, 2.24) is 0 Å². The van der Waals surface area contributed by atoms with Gasteiger partial charge in [-0.25, -0.2) is 4.79 Å². The molecule has 2 aliphatic rings. The SMILES string of the molecule is CC(=O)c1c(C)c(O)c2cc(C(=O)O)cc(OC3OC(CO)C(O)(CCC(C)C4CCOCC4)C(O)C3O)c2c1O. The van der Waals surface area contributed by atoms with E-state index in [0.29, 0.717) is 25.6 Å². The Kier molecular flexibility index (Phi) is 9.12. The summed E-state index contributed by atoms with van der Waals surface area (Å²) in [5.41, 5.74) is -2.56. The second-order valence-corrected chi connectivity index (χ2v) is 11.1. The highest BCUT2D eigenvalue weighted by molar-refractivity contribution is 6.11. The fraction of sp³-hybridized carbons (Fsp3) is 0.586. The van der Waals surface area contributed by atoms with Crippen LogP contribution >= 0.6 is 0 Å². The summed E-state index contributed by atoms with van der Waals surface area (Å²) in [5, 5.41) is 74.6. The van der Waals surface area contributed by atoms with Crippen molar-refractivity contribution < 1.29 is 59.5 Å². The third-order valence-electron chi connectivity index (χ3n) is 8.61. The van der Waals surface area contributed by atoms with Gasteiger partial charge in [0.05, 0.1) is 23.1 Å². The lowest BCUT2D eigenvalue weighted by Gasteiger charge is -2.48. The quantitative estimate of drug-likeness (QED) is 0.168. The van der Waals surface area contributed by atoms with Crippen LogP contribution in [-0.4, -0.2) is 97.5 Å². The molecule has 0 saturated carbocycles. The van der Waals surface area contributed by atoms with Gasteiger partial charge in [0, 0.05) is 24.2 Å². The first-order valence-corrected chi connectivity index (χ1v) is 13.7. The summed E-state index contributed by atoms with van der Waals surface area (Å²) in [6.45, 7) is 5.17. The molecule has 2 fully saturated rings. The summed E-state index contributed by atoms with van der Waals surface area (Å²) in [6.07, 6.45) is -4.58. The van der Waals surface area contributed by atoms with Crippen LogP contribution in [0.1, 0.15) is 65.8 Å². The summed E-state index contributed by atoms with van der Waals surface area (Å²) >= 11 is 0. The summed E-state index contributed by atoms with van der Waals surface area (Å²) in [5.74, 6) is -2.85. The summed E-state index contributed by atoms with van der Waals surface area (Å²) in [4.78, 5) is 24.1. The van der Waals surface area contributed by atoms with Crippen molar-refractivity contribution in [3.63, 3.8) is 0 Å². The standard InChI is InChI=1S/C29H38O12/c1-13(16-5-8-39-9-6-16)4-7-29(38)20(12-30)41-28(25(34)26(29)35)40-19-11-17(27(36)37)10-18-22(19)24(33)21(15(3)31)14(2)23(18)32/h10-11,13,16,20,25-26,28,30,32-35,38H,4-9,12H2,1-3H3,(H,36,37). The number of hydrogen-bond donors (Lipinski definition) is 7. The smallest absolute Gasteiger partial charge is 0.335 e. The minimum absolute atomic E-state index is 0.00896. The number of aliphatic hydroxyl groups excluding tert-OH is 3. The molecule has 7 N–H and O–H groups in total. The first kappa shape index (κ1) is 30.9. The number of aromatic hydroxyl groups is 2. The van der Waals surface area contributed by atoms with E-state index in [1.54, 1.807) is 0 Å². The molecule has 12 nitrogen and oxygen atoms in total. The number of carboxylic acid groups (broad SMARTS) is 1. The molecule has 6 atom stereocenters. The number of rotatable bonds is 9. The van der Waals surface area contributed by atoms with E-state index in [9.17, 15) is 45.3 Å². The van der Waals surface area contributed by atoms with Crippen LogP contribution in [0.3, 0.4) is 0 Å². The Labute approximate surface area is 236 Å². The topological polar surface area (TPSA) is 203 Å². The Balaban J connectivity index is 1.67. The van der Waals surface area contributed by atoms with E-state index in [-0.39, 0.29) is 45.6 Å². The maximum atomic E-state index is 12.3. The number of phenols is 2. The van der Waals surface area contributed by atoms with Crippen molar-refractivity contribution >= 4 is 22.5 Å². The number of ketones is 1. The predicted octanol–water partition coefficient (Wildman–Crippen LogP) is 1.85. The monoisotopic (exact) mass is 578 g/mol. The van der Waals surface area contributed by atoms with Crippen molar-refractivity contribution in [2.75, 3.05) is 19.8 Å². The number of benzene rings is 2. The summed E-state index contributed by atoms with van der Waals surface area (Å²) in [7, 11) is 0. The fourth-order valence-corrected chi connectivity index (χ4v) is 6.02. The largest absolute Gasteiger partial charge is 0.507 e. The van der Waals surface area contributed by atoms with E-state index in [1.807, 2.05) is 6.92 Å². The highest BCUT2D eigenvalue weighted by Crippen LogP contribution is 2.46. The Morgan fingerprint density at radius 3 is 2.39 bits per heavy atom. The Bertz CT molecular complexity index is 1300. The van der Waals surface area contributed by atoms with E-state index in [1.165, 1.54) is 13.8 Å². The van der Waals surface area contributed by atoms with E-state index in [0.717, 1.165) is 25.0 Å². The number of fused-ring (bicyclic) bond motifs is 1. The van der Waals surface area contributed by atoms with Crippen LogP contribution in [0.25, 0.3) is 10.8 Å². The number of hydrogen-bond acceptors (Lipinski definition) is 11. The lowest BCUT2D eigenvalue weighted by molar-refractivity contribution is -0.315. The van der Waals surface area contributed by atoms with Crippen LogP contribution < -0.4 is 4.74 Å². The molecule has 6 unspecified atom stereocenters. The molecule has 4 rings (SSSR count). The van der Waals surface area contributed by atoms with Gasteiger partial charge in [-0.05, 0) is 63.5 Å². The van der Waals surface area contributed by atoms with Gasteiger partial charge in [-0.15, -0.1) is 0 Å². The van der Waals surface area contributed by atoms with Gasteiger partial charge in [0.1, 0.15) is 41.2 Å². The maximum Gasteiger partial charge on any atom is 0.335 e. The molecule has 41 heavy (non-hydrogen) atoms. The van der Waals surface area contributed by atoms with Crippen LogP contribution in [0, 0.1) is 18.8 Å². The number of phenolic OH excluding ortho intramolecular Hbond substituents is 2. The molecule has 12 heteroatoms. The van der Waals surface area contributed by atoms with Crippen molar-refractivity contribution in [3.8, 4) is 17.2 Å². The van der Waals surface area contributed by atoms with Crippen LogP contribution in [0.5, 0.6) is 17.2 Å². The average Bonchev–Trinajstić information content (AvgIpc) is 2.95. The summed E-state index contributed by atoms with van der Waals surface area (Å²) in [6, 6.07) is 2.11. The molecule has 2 aliphatic heterocycles. The van der Waals surface area contributed by atoms with Crippen molar-refractivity contribution in [1.29, 1.82) is 0 Å². The second-order valence-electron chi connectivity index (χ2n) is 11.1. The number of aliphatic hydroxyl groups is 4. The number of Topliss-reactive ketones (excluding diaryl/α,β-unsaturated/α-hetero) is 1. The Morgan fingerprint density at radius 2 is 1.80 bits per heavy atom. The molecular weight excluding hydrogens is 540 g/mol. The van der Waals surface area contributed by atoms with Gasteiger partial charge in [0.15, 0.2) is 5.78 Å². The molecular formula is C29H38O12. The van der Waals surface area contributed by atoms with E-state index < -0.39 is 60.1 Å². The first-order chi connectivity index (χ1) is 19.3. The lowest BCUT2D eigenvalue weighted by atomic mass is 9.76. The number of ether oxygens (including phenoxy) is 3. The van der Waals surface area contributed by atoms with E-state index in [2.05, 4.69) is 0 Å². The minimum atomic E-state index is -2.03. The van der Waals surface area contributed by atoms with Crippen LogP contribution in [0.15, 0.2) is 12.1 Å². The fourth-order valence-electron chi connectivity index (χ4n) is 6.02. The molecule has 0 spiro atoms. The van der Waals surface area contributed by atoms with Crippen molar-refractivity contribution in [2.45, 2.75) is 76.7 Å². The molecule has 226 valence electrons. The van der Waals surface area contributed by atoms with Crippen LogP contribution in [0.4, 0.5) is 0 Å². The lowest BCUT2D eigenvalue weighted by Crippen LogP contribution is -2.67. The first-order valence-electron chi connectivity index (χ1n) is 13.7. The average molecular weight is 579 g/mol. The minimum Gasteiger partial charge on any atom is -0.507 e. The van der Waals surface area contributed by atoms with Gasteiger partial charge in [-0.3, -0.25) is 4.79 Å². The third-order valence-corrected chi connectivity index (χ3v) is 8.61. The van der Waals surface area contributed by atoms with E-state index in [4.69, 9.17) is 14.2 Å². The predicted molar refractivity (Wildman–Crippen MR) is 144 cm³/mol. The molecule has 2 saturated heterocycles. The second kappa shape index (κ2) is 12.1. The highest BCUT2D eigenvalue weighted by Gasteiger charge is 2.55. The van der Waals surface area contributed by atoms with Crippen LogP contribution in [-0.2, 0) is 9.47 Å². The summed E-state index contributed by atoms with van der Waals surface area (Å²) < 4.78 is 16.9. The maximum absolute atomic E-state index is 12.3. The molecule has 0 aliphatic carbocycles.